The maximum atomic E-state index is 11.8. The molecule has 5 heteroatoms. The van der Waals surface area contributed by atoms with Crippen molar-refractivity contribution in [1.82, 2.24) is 0 Å². The van der Waals surface area contributed by atoms with Crippen LogP contribution in [0.3, 0.4) is 0 Å². The molecule has 0 aliphatic heterocycles. The molecule has 0 bridgehead atoms. The number of amides is 1. The zero-order chi connectivity index (χ0) is 14.5. The normalized spacial score (nSPS) is 10.2. The van der Waals surface area contributed by atoms with Gasteiger partial charge in [-0.2, -0.15) is 0 Å². The van der Waals surface area contributed by atoms with Crippen molar-refractivity contribution in [2.45, 2.75) is 6.92 Å². The molecule has 0 spiro atoms. The second-order valence-electron chi connectivity index (χ2n) is 4.23. The Balaban J connectivity index is 1.94. The number of nitrogens with one attached hydrogen (secondary N) is 1. The first-order valence-corrected chi connectivity index (χ1v) is 7.45. The summed E-state index contributed by atoms with van der Waals surface area (Å²) < 4.78 is 6.49. The molecule has 2 rings (SSSR count). The number of para-hydroxylation sites is 1. The van der Waals surface area contributed by atoms with E-state index in [1.165, 1.54) is 0 Å². The van der Waals surface area contributed by atoms with Crippen molar-refractivity contribution in [3.63, 3.8) is 0 Å². The zero-order valence-electron chi connectivity index (χ0n) is 10.8. The van der Waals surface area contributed by atoms with Crippen LogP contribution in [0.25, 0.3) is 0 Å². The van der Waals surface area contributed by atoms with Crippen molar-refractivity contribution in [3.05, 3.63) is 56.6 Å². The fourth-order valence-corrected chi connectivity index (χ4v) is 2.54. The van der Waals surface area contributed by atoms with E-state index in [0.29, 0.717) is 16.5 Å². The molecule has 1 N–H and O–H groups in total. The van der Waals surface area contributed by atoms with Gasteiger partial charge in [0.05, 0.1) is 10.7 Å². The smallest absolute Gasteiger partial charge is 0.262 e. The maximum Gasteiger partial charge on any atom is 0.262 e. The van der Waals surface area contributed by atoms with E-state index < -0.39 is 0 Å². The minimum Gasteiger partial charge on any atom is -0.483 e. The number of halogens is 2. The maximum absolute atomic E-state index is 11.8. The Labute approximate surface area is 136 Å². The second-order valence-corrected chi connectivity index (χ2v) is 5.88. The van der Waals surface area contributed by atoms with Crippen LogP contribution in [0.15, 0.2) is 42.5 Å². The van der Waals surface area contributed by atoms with Gasteiger partial charge in [-0.15, -0.1) is 0 Å². The van der Waals surface area contributed by atoms with Gasteiger partial charge in [0.1, 0.15) is 5.75 Å². The topological polar surface area (TPSA) is 38.3 Å². The summed E-state index contributed by atoms with van der Waals surface area (Å²) in [6.07, 6.45) is 0. The van der Waals surface area contributed by atoms with Crippen LogP contribution in [0.2, 0.25) is 5.02 Å². The van der Waals surface area contributed by atoms with Gasteiger partial charge >= 0.3 is 0 Å². The van der Waals surface area contributed by atoms with Crippen molar-refractivity contribution in [2.24, 2.45) is 0 Å². The third-order valence-electron chi connectivity index (χ3n) is 2.66. The second kappa shape index (κ2) is 6.95. The Bertz CT molecular complexity index is 631. The van der Waals surface area contributed by atoms with Gasteiger partial charge < -0.3 is 10.1 Å². The summed E-state index contributed by atoms with van der Waals surface area (Å²) in [4.78, 5) is 11.8. The average Bonchev–Trinajstić information content (AvgIpc) is 2.41. The molecule has 0 saturated carbocycles. The minimum absolute atomic E-state index is 0.0484. The zero-order valence-corrected chi connectivity index (χ0v) is 13.7. The SMILES string of the molecule is Cc1ccccc1OCC(=O)Nc1ccc(I)cc1Cl. The third kappa shape index (κ3) is 4.11. The molecule has 2 aromatic carbocycles. The molecule has 0 fully saturated rings. The molecular weight excluding hydrogens is 389 g/mol. The Morgan fingerprint density at radius 1 is 1.30 bits per heavy atom. The molecule has 20 heavy (non-hydrogen) atoms. The van der Waals surface area contributed by atoms with Gasteiger partial charge in [-0.3, -0.25) is 4.79 Å². The van der Waals surface area contributed by atoms with Crippen molar-refractivity contribution >= 4 is 45.8 Å². The highest BCUT2D eigenvalue weighted by Crippen LogP contribution is 2.24. The molecular formula is C15H13ClINO2. The van der Waals surface area contributed by atoms with Crippen LogP contribution < -0.4 is 10.1 Å². The van der Waals surface area contributed by atoms with Crippen LogP contribution >= 0.6 is 34.2 Å². The van der Waals surface area contributed by atoms with Crippen molar-refractivity contribution in [1.29, 1.82) is 0 Å². The lowest BCUT2D eigenvalue weighted by Gasteiger charge is -2.10. The van der Waals surface area contributed by atoms with Gasteiger partial charge in [0.15, 0.2) is 6.61 Å². The lowest BCUT2D eigenvalue weighted by atomic mass is 10.2. The summed E-state index contributed by atoms with van der Waals surface area (Å²) >= 11 is 8.22. The van der Waals surface area contributed by atoms with Gasteiger partial charge in [0, 0.05) is 3.57 Å². The summed E-state index contributed by atoms with van der Waals surface area (Å²) in [6, 6.07) is 13.0. The minimum atomic E-state index is -0.239. The van der Waals surface area contributed by atoms with E-state index in [1.807, 2.05) is 37.3 Å². The standard InChI is InChI=1S/C15H13ClINO2/c1-10-4-2-3-5-14(10)20-9-15(19)18-13-7-6-11(17)8-12(13)16/h2-8H,9H2,1H3,(H,18,19). The van der Waals surface area contributed by atoms with Crippen molar-refractivity contribution < 1.29 is 9.53 Å². The number of ether oxygens (including phenoxy) is 1. The van der Waals surface area contributed by atoms with E-state index in [4.69, 9.17) is 16.3 Å². The highest BCUT2D eigenvalue weighted by molar-refractivity contribution is 14.1. The molecule has 3 nitrogen and oxygen atoms in total. The van der Waals surface area contributed by atoms with E-state index in [2.05, 4.69) is 27.9 Å². The molecule has 1 amide bonds. The molecule has 0 heterocycles. The Kier molecular flexibility index (Phi) is 5.25. The first-order chi connectivity index (χ1) is 9.56. The van der Waals surface area contributed by atoms with Crippen LogP contribution in [0.1, 0.15) is 5.56 Å². The van der Waals surface area contributed by atoms with Gasteiger partial charge in [-0.05, 0) is 59.3 Å². The van der Waals surface area contributed by atoms with Gasteiger partial charge in [0.2, 0.25) is 0 Å². The predicted molar refractivity (Wildman–Crippen MR) is 89.5 cm³/mol. The van der Waals surface area contributed by atoms with E-state index in [-0.39, 0.29) is 12.5 Å². The fourth-order valence-electron chi connectivity index (χ4n) is 1.64. The monoisotopic (exact) mass is 401 g/mol. The number of carbonyl (C=O) groups is 1. The van der Waals surface area contributed by atoms with Crippen molar-refractivity contribution in [3.8, 4) is 5.75 Å². The van der Waals surface area contributed by atoms with Crippen LogP contribution in [-0.2, 0) is 4.79 Å². The first kappa shape index (κ1) is 15.1. The number of carbonyl (C=O) groups excluding carboxylic acids is 1. The highest BCUT2D eigenvalue weighted by atomic mass is 127. The third-order valence-corrected chi connectivity index (χ3v) is 3.64. The number of hydrogen-bond acceptors (Lipinski definition) is 2. The molecule has 104 valence electrons. The van der Waals surface area contributed by atoms with Gasteiger partial charge in [-0.1, -0.05) is 29.8 Å². The summed E-state index contributed by atoms with van der Waals surface area (Å²) in [5, 5.41) is 3.24. The summed E-state index contributed by atoms with van der Waals surface area (Å²) in [5.41, 5.74) is 1.58. The lowest BCUT2D eigenvalue weighted by molar-refractivity contribution is -0.118. The molecule has 0 saturated heterocycles. The van der Waals surface area contributed by atoms with E-state index >= 15 is 0 Å². The van der Waals surface area contributed by atoms with Crippen LogP contribution in [-0.4, -0.2) is 12.5 Å². The highest BCUT2D eigenvalue weighted by Gasteiger charge is 2.07. The Hall–Kier alpha value is -1.27. The van der Waals surface area contributed by atoms with E-state index in [0.717, 1.165) is 9.13 Å². The van der Waals surface area contributed by atoms with Crippen LogP contribution in [0.5, 0.6) is 5.75 Å². The van der Waals surface area contributed by atoms with Crippen LogP contribution in [0, 0.1) is 10.5 Å². The molecule has 0 atom stereocenters. The van der Waals surface area contributed by atoms with Gasteiger partial charge in [0.25, 0.3) is 5.91 Å². The summed E-state index contributed by atoms with van der Waals surface area (Å²) in [6.45, 7) is 1.89. The number of rotatable bonds is 4. The average molecular weight is 402 g/mol. The van der Waals surface area contributed by atoms with Crippen molar-refractivity contribution in [2.75, 3.05) is 11.9 Å². The molecule has 0 radical (unpaired) electrons. The number of anilines is 1. The van der Waals surface area contributed by atoms with Gasteiger partial charge in [-0.25, -0.2) is 0 Å². The molecule has 2 aromatic rings. The summed E-state index contributed by atoms with van der Waals surface area (Å²) in [5.74, 6) is 0.465. The molecule has 0 aromatic heterocycles. The first-order valence-electron chi connectivity index (χ1n) is 5.99. The largest absolute Gasteiger partial charge is 0.483 e. The Morgan fingerprint density at radius 2 is 2.05 bits per heavy atom. The number of aryl methyl sites for hydroxylation is 1. The lowest BCUT2D eigenvalue weighted by Crippen LogP contribution is -2.20. The molecule has 0 aliphatic carbocycles. The quantitative estimate of drug-likeness (QED) is 0.777. The fraction of sp³-hybridized carbons (Fsp3) is 0.133. The van der Waals surface area contributed by atoms with E-state index in [1.54, 1.807) is 12.1 Å². The number of benzene rings is 2. The van der Waals surface area contributed by atoms with E-state index in [9.17, 15) is 4.79 Å². The Morgan fingerprint density at radius 3 is 2.75 bits per heavy atom. The predicted octanol–water partition coefficient (Wildman–Crippen LogP) is 4.27. The number of hydrogen-bond donors (Lipinski definition) is 1. The molecule has 0 aliphatic rings. The molecule has 0 unspecified atom stereocenters. The summed E-state index contributed by atoms with van der Waals surface area (Å²) in [7, 11) is 0. The van der Waals surface area contributed by atoms with Crippen LogP contribution in [0.4, 0.5) is 5.69 Å².